The third-order valence-electron chi connectivity index (χ3n) is 5.38. The topological polar surface area (TPSA) is 55.8 Å². The number of nitrogens with zero attached hydrogens (tertiary/aromatic N) is 6. The summed E-state index contributed by atoms with van der Waals surface area (Å²) in [6.45, 7) is 7.09. The van der Waals surface area contributed by atoms with E-state index in [1.807, 2.05) is 41.6 Å². The molecule has 0 aliphatic carbocycles. The molecule has 2 fully saturated rings. The van der Waals surface area contributed by atoms with Gasteiger partial charge in [-0.05, 0) is 31.3 Å². The molecule has 2 aliphatic heterocycles. The minimum Gasteiger partial charge on any atom is -0.367 e. The van der Waals surface area contributed by atoms with Crippen LogP contribution in [0.3, 0.4) is 0 Å². The number of likely N-dealkylation sites (N-methyl/N-ethyl adjacent to an activating group) is 1. The van der Waals surface area contributed by atoms with Crippen molar-refractivity contribution in [3.8, 4) is 0 Å². The lowest BCUT2D eigenvalue weighted by Crippen LogP contribution is -2.47. The van der Waals surface area contributed by atoms with Gasteiger partial charge in [-0.15, -0.1) is 0 Å². The SMILES string of the molecule is CN1CCN(C(=O)c2ccc(N3CCN(c4ccccn4)CC3)cn2)CC1. The monoisotopic (exact) mass is 366 g/mol. The van der Waals surface area contributed by atoms with E-state index in [4.69, 9.17) is 0 Å². The molecule has 0 aromatic carbocycles. The van der Waals surface area contributed by atoms with Crippen molar-refractivity contribution in [2.75, 3.05) is 69.2 Å². The van der Waals surface area contributed by atoms with E-state index >= 15 is 0 Å². The second kappa shape index (κ2) is 7.92. The van der Waals surface area contributed by atoms with Gasteiger partial charge in [0.15, 0.2) is 0 Å². The highest BCUT2D eigenvalue weighted by Gasteiger charge is 2.22. The molecule has 0 saturated carbocycles. The van der Waals surface area contributed by atoms with Crippen LogP contribution in [-0.4, -0.2) is 85.1 Å². The van der Waals surface area contributed by atoms with Crippen molar-refractivity contribution in [3.05, 3.63) is 48.4 Å². The van der Waals surface area contributed by atoms with Gasteiger partial charge in [0.2, 0.25) is 0 Å². The number of hydrogen-bond acceptors (Lipinski definition) is 6. The molecule has 0 N–H and O–H groups in total. The number of amides is 1. The van der Waals surface area contributed by atoms with E-state index in [1.165, 1.54) is 0 Å². The summed E-state index contributed by atoms with van der Waals surface area (Å²) in [6, 6.07) is 9.90. The van der Waals surface area contributed by atoms with Gasteiger partial charge in [-0.3, -0.25) is 4.79 Å². The number of anilines is 2. The van der Waals surface area contributed by atoms with Gasteiger partial charge in [0.1, 0.15) is 11.5 Å². The van der Waals surface area contributed by atoms with Gasteiger partial charge in [0, 0.05) is 58.6 Å². The summed E-state index contributed by atoms with van der Waals surface area (Å²) in [5.41, 5.74) is 1.61. The van der Waals surface area contributed by atoms with Crippen LogP contribution in [0.2, 0.25) is 0 Å². The maximum absolute atomic E-state index is 12.6. The third kappa shape index (κ3) is 4.03. The normalized spacial score (nSPS) is 18.6. The van der Waals surface area contributed by atoms with Crippen LogP contribution in [0.15, 0.2) is 42.7 Å². The molecule has 2 saturated heterocycles. The van der Waals surface area contributed by atoms with Crippen molar-refractivity contribution >= 4 is 17.4 Å². The van der Waals surface area contributed by atoms with Crippen molar-refractivity contribution < 1.29 is 4.79 Å². The Morgan fingerprint density at radius 2 is 1.59 bits per heavy atom. The molecule has 142 valence electrons. The van der Waals surface area contributed by atoms with Crippen LogP contribution >= 0.6 is 0 Å². The van der Waals surface area contributed by atoms with E-state index in [0.717, 1.165) is 63.9 Å². The number of piperazine rings is 2. The average Bonchev–Trinajstić information content (AvgIpc) is 2.75. The maximum Gasteiger partial charge on any atom is 0.272 e. The third-order valence-corrected chi connectivity index (χ3v) is 5.38. The molecule has 0 unspecified atom stereocenters. The van der Waals surface area contributed by atoms with E-state index in [9.17, 15) is 4.79 Å². The van der Waals surface area contributed by atoms with Crippen LogP contribution in [0.4, 0.5) is 11.5 Å². The molecular formula is C20H26N6O. The lowest BCUT2D eigenvalue weighted by Gasteiger charge is -2.36. The molecule has 0 atom stereocenters. The van der Waals surface area contributed by atoms with E-state index in [0.29, 0.717) is 5.69 Å². The Bertz CT molecular complexity index is 750. The zero-order chi connectivity index (χ0) is 18.6. The van der Waals surface area contributed by atoms with E-state index in [-0.39, 0.29) is 5.91 Å². The quantitative estimate of drug-likeness (QED) is 0.813. The summed E-state index contributed by atoms with van der Waals surface area (Å²) in [5.74, 6) is 1.07. The molecule has 7 nitrogen and oxygen atoms in total. The Hall–Kier alpha value is -2.67. The standard InChI is InChI=1S/C20H26N6O/c1-23-8-10-26(11-9-23)20(27)18-6-5-17(16-22-18)24-12-14-25(15-13-24)19-4-2-3-7-21-19/h2-7,16H,8-15H2,1H3. The first-order valence-electron chi connectivity index (χ1n) is 9.55. The summed E-state index contributed by atoms with van der Waals surface area (Å²) in [4.78, 5) is 30.2. The molecule has 4 heterocycles. The molecule has 27 heavy (non-hydrogen) atoms. The predicted molar refractivity (Wildman–Crippen MR) is 106 cm³/mol. The molecular weight excluding hydrogens is 340 g/mol. The van der Waals surface area contributed by atoms with Crippen LogP contribution < -0.4 is 9.80 Å². The smallest absolute Gasteiger partial charge is 0.272 e. The fourth-order valence-electron chi connectivity index (χ4n) is 3.61. The van der Waals surface area contributed by atoms with Crippen LogP contribution in [0.25, 0.3) is 0 Å². The molecule has 4 rings (SSSR count). The van der Waals surface area contributed by atoms with Crippen molar-refractivity contribution in [1.82, 2.24) is 19.8 Å². The van der Waals surface area contributed by atoms with Gasteiger partial charge in [0.05, 0.1) is 11.9 Å². The molecule has 1 amide bonds. The summed E-state index contributed by atoms with van der Waals surface area (Å²) < 4.78 is 0. The lowest BCUT2D eigenvalue weighted by molar-refractivity contribution is 0.0658. The zero-order valence-corrected chi connectivity index (χ0v) is 15.8. The second-order valence-electron chi connectivity index (χ2n) is 7.16. The number of carbonyl (C=O) groups is 1. The number of pyridine rings is 2. The van der Waals surface area contributed by atoms with Crippen LogP contribution in [0.1, 0.15) is 10.5 Å². The van der Waals surface area contributed by atoms with Crippen molar-refractivity contribution in [1.29, 1.82) is 0 Å². The highest BCUT2D eigenvalue weighted by molar-refractivity contribution is 5.92. The molecule has 2 aromatic rings. The van der Waals surface area contributed by atoms with Crippen LogP contribution in [-0.2, 0) is 0 Å². The van der Waals surface area contributed by atoms with Gasteiger partial charge in [-0.25, -0.2) is 9.97 Å². The summed E-state index contributed by atoms with van der Waals surface area (Å²) in [7, 11) is 2.09. The Morgan fingerprint density at radius 3 is 2.22 bits per heavy atom. The molecule has 2 aliphatic rings. The average molecular weight is 366 g/mol. The molecule has 0 bridgehead atoms. The van der Waals surface area contributed by atoms with E-state index < -0.39 is 0 Å². The van der Waals surface area contributed by atoms with Gasteiger partial charge in [-0.2, -0.15) is 0 Å². The van der Waals surface area contributed by atoms with Crippen LogP contribution in [0.5, 0.6) is 0 Å². The Morgan fingerprint density at radius 1 is 0.852 bits per heavy atom. The molecule has 7 heteroatoms. The van der Waals surface area contributed by atoms with Crippen LogP contribution in [0, 0.1) is 0 Å². The highest BCUT2D eigenvalue weighted by atomic mass is 16.2. The fraction of sp³-hybridized carbons (Fsp3) is 0.450. The van der Waals surface area contributed by atoms with Crippen molar-refractivity contribution in [2.45, 2.75) is 0 Å². The summed E-state index contributed by atoms with van der Waals surface area (Å²) >= 11 is 0. The highest BCUT2D eigenvalue weighted by Crippen LogP contribution is 2.19. The molecule has 2 aromatic heterocycles. The summed E-state index contributed by atoms with van der Waals surface area (Å²) in [6.07, 6.45) is 3.67. The largest absolute Gasteiger partial charge is 0.367 e. The zero-order valence-electron chi connectivity index (χ0n) is 15.8. The first-order valence-corrected chi connectivity index (χ1v) is 9.55. The molecule has 0 radical (unpaired) electrons. The first-order chi connectivity index (χ1) is 13.2. The van der Waals surface area contributed by atoms with Crippen molar-refractivity contribution in [3.63, 3.8) is 0 Å². The number of rotatable bonds is 3. The number of hydrogen-bond donors (Lipinski definition) is 0. The number of aromatic nitrogens is 2. The van der Waals surface area contributed by atoms with Gasteiger partial charge in [-0.1, -0.05) is 6.07 Å². The predicted octanol–water partition coefficient (Wildman–Crippen LogP) is 1.19. The first kappa shape index (κ1) is 17.7. The van der Waals surface area contributed by atoms with Gasteiger partial charge in [0.25, 0.3) is 5.91 Å². The summed E-state index contributed by atoms with van der Waals surface area (Å²) in [5, 5.41) is 0. The van der Waals surface area contributed by atoms with E-state index in [1.54, 1.807) is 0 Å². The Balaban J connectivity index is 1.35. The van der Waals surface area contributed by atoms with E-state index in [2.05, 4.69) is 37.8 Å². The maximum atomic E-state index is 12.6. The van der Waals surface area contributed by atoms with Gasteiger partial charge >= 0.3 is 0 Å². The minimum absolute atomic E-state index is 0.0367. The fourth-order valence-corrected chi connectivity index (χ4v) is 3.61. The van der Waals surface area contributed by atoms with Gasteiger partial charge < -0.3 is 19.6 Å². The minimum atomic E-state index is 0.0367. The second-order valence-corrected chi connectivity index (χ2v) is 7.16. The Labute approximate surface area is 160 Å². The number of carbonyl (C=O) groups excluding carboxylic acids is 1. The molecule has 0 spiro atoms. The Kier molecular flexibility index (Phi) is 5.20. The lowest BCUT2D eigenvalue weighted by atomic mass is 10.2. The van der Waals surface area contributed by atoms with Crippen molar-refractivity contribution in [2.24, 2.45) is 0 Å².